The molecule has 0 spiro atoms. The van der Waals surface area contributed by atoms with Gasteiger partial charge in [-0.3, -0.25) is 4.18 Å². The van der Waals surface area contributed by atoms with Gasteiger partial charge in [0, 0.05) is 0 Å². The third-order valence-corrected chi connectivity index (χ3v) is 8.18. The lowest BCUT2D eigenvalue weighted by Crippen LogP contribution is -2.44. The Balaban J connectivity index is 2.35. The van der Waals surface area contributed by atoms with E-state index in [-0.39, 0.29) is 0 Å². The van der Waals surface area contributed by atoms with Crippen molar-refractivity contribution in [1.82, 2.24) is 4.72 Å². The van der Waals surface area contributed by atoms with Crippen molar-refractivity contribution < 1.29 is 8.61 Å². The van der Waals surface area contributed by atoms with Crippen LogP contribution in [-0.4, -0.2) is 27.6 Å². The Hall–Kier alpha value is 0.447. The highest BCUT2D eigenvalue weighted by Crippen LogP contribution is 2.36. The predicted molar refractivity (Wildman–Crippen MR) is 63.6 cm³/mol. The molecule has 1 heterocycles. The average Bonchev–Trinajstić information content (AvgIpc) is 2.50. The monoisotopic (exact) mass is 235 g/mol. The van der Waals surface area contributed by atoms with Gasteiger partial charge in [-0.05, 0) is 18.1 Å². The van der Waals surface area contributed by atoms with Gasteiger partial charge in [-0.2, -0.15) is 0 Å². The second-order valence-corrected chi connectivity index (χ2v) is 10.7. The summed E-state index contributed by atoms with van der Waals surface area (Å²) in [4.78, 5) is 0. The molecule has 0 aromatic rings. The van der Waals surface area contributed by atoms with Crippen LogP contribution in [0.15, 0.2) is 0 Å². The van der Waals surface area contributed by atoms with Gasteiger partial charge < -0.3 is 4.43 Å². The summed E-state index contributed by atoms with van der Waals surface area (Å²) in [7, 11) is -1.58. The lowest BCUT2D eigenvalue weighted by molar-refractivity contribution is 0.234. The molecule has 5 heteroatoms. The van der Waals surface area contributed by atoms with Crippen LogP contribution in [0.4, 0.5) is 0 Å². The van der Waals surface area contributed by atoms with Crippen molar-refractivity contribution >= 4 is 20.5 Å². The molecular weight excluding hydrogens is 214 g/mol. The van der Waals surface area contributed by atoms with Gasteiger partial charge in [0.2, 0.25) is 0 Å². The van der Waals surface area contributed by atoms with Gasteiger partial charge in [-0.1, -0.05) is 20.8 Å². The predicted octanol–water partition coefficient (Wildman–Crippen LogP) is 2.56. The maximum absolute atomic E-state index is 6.06. The maximum Gasteiger partial charge on any atom is 0.192 e. The van der Waals surface area contributed by atoms with Crippen molar-refractivity contribution in [1.29, 1.82) is 0 Å². The molecule has 1 saturated heterocycles. The maximum atomic E-state index is 6.06. The summed E-state index contributed by atoms with van der Waals surface area (Å²) in [5.74, 6) is 0. The summed E-state index contributed by atoms with van der Waals surface area (Å²) in [5.41, 5.74) is 0. The van der Waals surface area contributed by atoms with E-state index in [1.54, 1.807) is 0 Å². The minimum Gasteiger partial charge on any atom is -0.415 e. The van der Waals surface area contributed by atoms with Gasteiger partial charge in [-0.25, -0.2) is 4.72 Å². The van der Waals surface area contributed by atoms with Crippen molar-refractivity contribution in [3.63, 3.8) is 0 Å². The molecule has 0 unspecified atom stereocenters. The number of nitrogens with one attached hydrogen (secondary N) is 1. The van der Waals surface area contributed by atoms with Crippen molar-refractivity contribution in [2.75, 3.05) is 13.2 Å². The van der Waals surface area contributed by atoms with E-state index < -0.39 is 8.32 Å². The molecule has 1 aliphatic rings. The topological polar surface area (TPSA) is 30.5 Å². The molecule has 0 aromatic heterocycles. The number of hydrogen-bond donors (Lipinski definition) is 1. The Morgan fingerprint density at radius 1 is 1.50 bits per heavy atom. The summed E-state index contributed by atoms with van der Waals surface area (Å²) in [5, 5.41) is 0.291. The summed E-state index contributed by atoms with van der Waals surface area (Å²) in [6.45, 7) is 12.8. The fraction of sp³-hybridized carbons (Fsp3) is 1.00. The average molecular weight is 235 g/mol. The first kappa shape index (κ1) is 12.5. The first-order chi connectivity index (χ1) is 6.33. The molecule has 0 bridgehead atoms. The van der Waals surface area contributed by atoms with E-state index in [9.17, 15) is 0 Å². The van der Waals surface area contributed by atoms with Gasteiger partial charge in [0.1, 0.15) is 0 Å². The minimum absolute atomic E-state index is 0.291. The molecule has 1 aliphatic heterocycles. The van der Waals surface area contributed by atoms with Crippen LogP contribution in [0.2, 0.25) is 18.1 Å². The van der Waals surface area contributed by atoms with Crippen LogP contribution in [0.5, 0.6) is 0 Å². The fourth-order valence-electron chi connectivity index (χ4n) is 0.860. The minimum atomic E-state index is -1.58. The summed E-state index contributed by atoms with van der Waals surface area (Å²) < 4.78 is 14.4. The Morgan fingerprint density at radius 3 is 2.57 bits per heavy atom. The van der Waals surface area contributed by atoms with Crippen molar-refractivity contribution in [3.8, 4) is 0 Å². The Labute approximate surface area is 92.4 Å². The molecule has 1 rings (SSSR count). The zero-order chi connectivity index (χ0) is 10.8. The summed E-state index contributed by atoms with van der Waals surface area (Å²) >= 11 is 1.33. The molecule has 0 amide bonds. The highest BCUT2D eigenvalue weighted by atomic mass is 32.2. The lowest BCUT2D eigenvalue weighted by Gasteiger charge is -2.36. The summed E-state index contributed by atoms with van der Waals surface area (Å²) in [6.07, 6.45) is 0. The third kappa shape index (κ3) is 3.24. The molecule has 14 heavy (non-hydrogen) atoms. The second kappa shape index (κ2) is 4.53. The normalized spacial score (nSPS) is 24.2. The molecule has 84 valence electrons. The van der Waals surface area contributed by atoms with Gasteiger partial charge in [-0.15, -0.1) is 0 Å². The van der Waals surface area contributed by atoms with Crippen LogP contribution < -0.4 is 4.72 Å². The van der Waals surface area contributed by atoms with Crippen molar-refractivity contribution in [3.05, 3.63) is 0 Å². The van der Waals surface area contributed by atoms with E-state index in [1.165, 1.54) is 12.2 Å². The fourth-order valence-corrected chi connectivity index (χ4v) is 2.48. The van der Waals surface area contributed by atoms with E-state index in [4.69, 9.17) is 8.61 Å². The molecule has 1 N–H and O–H groups in total. The molecule has 0 radical (unpaired) electrons. The Morgan fingerprint density at radius 2 is 2.14 bits per heavy atom. The standard InChI is InChI=1S/C9H21NO2SSi/c1-9(2,3)14(4,5)12-7-8-6-11-13-10-8/h8,10H,6-7H2,1-5H3/t8-/m1/s1. The van der Waals surface area contributed by atoms with Gasteiger partial charge in [0.25, 0.3) is 0 Å². The molecule has 0 aromatic carbocycles. The first-order valence-corrected chi connectivity index (χ1v) is 8.66. The van der Waals surface area contributed by atoms with Crippen LogP contribution in [0.1, 0.15) is 20.8 Å². The number of rotatable bonds is 3. The van der Waals surface area contributed by atoms with E-state index in [0.29, 0.717) is 11.1 Å². The van der Waals surface area contributed by atoms with Gasteiger partial charge in [0.15, 0.2) is 8.32 Å². The molecular formula is C9H21NO2SSi. The first-order valence-electron chi connectivity index (χ1n) is 5.01. The quantitative estimate of drug-likeness (QED) is 0.463. The molecule has 1 fully saturated rings. The zero-order valence-electron chi connectivity index (χ0n) is 9.72. The van der Waals surface area contributed by atoms with Crippen molar-refractivity contribution in [2.24, 2.45) is 0 Å². The lowest BCUT2D eigenvalue weighted by atomic mass is 10.2. The molecule has 0 saturated carbocycles. The Bertz CT molecular complexity index is 188. The number of hydrogen-bond acceptors (Lipinski definition) is 4. The Kier molecular flexibility index (Phi) is 4.05. The van der Waals surface area contributed by atoms with Crippen LogP contribution in [-0.2, 0) is 8.61 Å². The molecule has 3 nitrogen and oxygen atoms in total. The van der Waals surface area contributed by atoms with E-state index in [2.05, 4.69) is 38.6 Å². The van der Waals surface area contributed by atoms with Crippen LogP contribution in [0.25, 0.3) is 0 Å². The van der Waals surface area contributed by atoms with E-state index >= 15 is 0 Å². The van der Waals surface area contributed by atoms with Gasteiger partial charge in [0.05, 0.1) is 31.5 Å². The highest BCUT2D eigenvalue weighted by molar-refractivity contribution is 7.92. The van der Waals surface area contributed by atoms with Crippen molar-refractivity contribution in [2.45, 2.75) is 44.9 Å². The van der Waals surface area contributed by atoms with Crippen LogP contribution in [0.3, 0.4) is 0 Å². The third-order valence-electron chi connectivity index (χ3n) is 2.99. The van der Waals surface area contributed by atoms with Crippen LogP contribution >= 0.6 is 12.2 Å². The largest absolute Gasteiger partial charge is 0.415 e. The highest BCUT2D eigenvalue weighted by Gasteiger charge is 2.37. The molecule has 1 atom stereocenters. The second-order valence-electron chi connectivity index (χ2n) is 5.25. The zero-order valence-corrected chi connectivity index (χ0v) is 11.5. The van der Waals surface area contributed by atoms with E-state index in [0.717, 1.165) is 13.2 Å². The van der Waals surface area contributed by atoms with E-state index in [1.807, 2.05) is 0 Å². The molecule has 0 aliphatic carbocycles. The SMILES string of the molecule is CC(C)(C)[Si](C)(C)OC[C@H]1COSN1. The van der Waals surface area contributed by atoms with Crippen LogP contribution in [0, 0.1) is 0 Å². The van der Waals surface area contributed by atoms with Gasteiger partial charge >= 0.3 is 0 Å². The smallest absolute Gasteiger partial charge is 0.192 e. The summed E-state index contributed by atoms with van der Waals surface area (Å²) in [6, 6.07) is 0.356.